The van der Waals surface area contributed by atoms with Crippen LogP contribution in [0.3, 0.4) is 0 Å². The van der Waals surface area contributed by atoms with Crippen LogP contribution in [0.2, 0.25) is 5.28 Å². The Kier molecular flexibility index (Phi) is 3.52. The zero-order valence-corrected chi connectivity index (χ0v) is 11.2. The molecular formula is C12H16ClN5O. The lowest BCUT2D eigenvalue weighted by atomic mass is 9.87. The summed E-state index contributed by atoms with van der Waals surface area (Å²) >= 11 is 5.87. The summed E-state index contributed by atoms with van der Waals surface area (Å²) < 4.78 is 0. The molecule has 3 rings (SSSR count). The topological polar surface area (TPSA) is 86.7 Å². The van der Waals surface area contributed by atoms with Crippen molar-refractivity contribution in [2.75, 3.05) is 11.9 Å². The lowest BCUT2D eigenvalue weighted by Crippen LogP contribution is -2.23. The first-order valence-electron chi connectivity index (χ1n) is 6.51. The standard InChI is InChI=1S/C12H16ClN5O/c13-12-17-10(9-11(18-12)16-6-15-9)14-5-7-1-3-8(19)4-2-7/h6-8,19H,1-5H2,(H2,14,15,16,17,18). The predicted molar refractivity (Wildman–Crippen MR) is 73.1 cm³/mol. The third-order valence-electron chi connectivity index (χ3n) is 3.63. The SMILES string of the molecule is OC1CCC(CNc2nc(Cl)nc3nc[nH]c23)CC1. The summed E-state index contributed by atoms with van der Waals surface area (Å²) in [6.07, 6.45) is 5.31. The number of hydrogen-bond acceptors (Lipinski definition) is 5. The largest absolute Gasteiger partial charge is 0.393 e. The average molecular weight is 282 g/mol. The van der Waals surface area contributed by atoms with Crippen LogP contribution < -0.4 is 5.32 Å². The number of halogens is 1. The quantitative estimate of drug-likeness (QED) is 0.749. The van der Waals surface area contributed by atoms with E-state index in [1.807, 2.05) is 0 Å². The number of fused-ring (bicyclic) bond motifs is 1. The monoisotopic (exact) mass is 281 g/mol. The summed E-state index contributed by atoms with van der Waals surface area (Å²) in [5.74, 6) is 1.26. The summed E-state index contributed by atoms with van der Waals surface area (Å²) in [7, 11) is 0. The number of rotatable bonds is 3. The second kappa shape index (κ2) is 5.30. The van der Waals surface area contributed by atoms with Gasteiger partial charge in [-0.25, -0.2) is 4.98 Å². The Morgan fingerprint density at radius 2 is 2.11 bits per heavy atom. The van der Waals surface area contributed by atoms with E-state index < -0.39 is 0 Å². The van der Waals surface area contributed by atoms with Crippen molar-refractivity contribution in [1.29, 1.82) is 0 Å². The van der Waals surface area contributed by atoms with Crippen molar-refractivity contribution >= 4 is 28.6 Å². The molecule has 0 atom stereocenters. The normalized spacial score (nSPS) is 23.7. The van der Waals surface area contributed by atoms with E-state index in [0.29, 0.717) is 17.4 Å². The molecular weight excluding hydrogens is 266 g/mol. The van der Waals surface area contributed by atoms with Gasteiger partial charge in [0.2, 0.25) is 5.28 Å². The van der Waals surface area contributed by atoms with Crippen LogP contribution in [0, 0.1) is 5.92 Å². The first-order valence-corrected chi connectivity index (χ1v) is 6.88. The third kappa shape index (κ3) is 2.79. The van der Waals surface area contributed by atoms with Crippen LogP contribution in [0.1, 0.15) is 25.7 Å². The summed E-state index contributed by atoms with van der Waals surface area (Å²) in [5, 5.41) is 13.0. The van der Waals surface area contributed by atoms with E-state index in [1.165, 1.54) is 0 Å². The highest BCUT2D eigenvalue weighted by Gasteiger charge is 2.19. The fourth-order valence-electron chi connectivity index (χ4n) is 2.52. The molecule has 0 amide bonds. The Morgan fingerprint density at radius 1 is 1.32 bits per heavy atom. The zero-order chi connectivity index (χ0) is 13.2. The highest BCUT2D eigenvalue weighted by Crippen LogP contribution is 2.25. The number of aliphatic hydroxyl groups excluding tert-OH is 1. The maximum absolute atomic E-state index is 9.49. The van der Waals surface area contributed by atoms with Gasteiger partial charge >= 0.3 is 0 Å². The van der Waals surface area contributed by atoms with Crippen LogP contribution in [0.25, 0.3) is 11.2 Å². The molecule has 1 fully saturated rings. The van der Waals surface area contributed by atoms with Gasteiger partial charge in [0.15, 0.2) is 11.5 Å². The van der Waals surface area contributed by atoms with Gasteiger partial charge < -0.3 is 15.4 Å². The second-order valence-corrected chi connectivity index (χ2v) is 5.34. The van der Waals surface area contributed by atoms with E-state index in [-0.39, 0.29) is 11.4 Å². The maximum Gasteiger partial charge on any atom is 0.226 e. The molecule has 0 aliphatic heterocycles. The van der Waals surface area contributed by atoms with Crippen LogP contribution in [0.5, 0.6) is 0 Å². The van der Waals surface area contributed by atoms with Gasteiger partial charge in [-0.3, -0.25) is 0 Å². The van der Waals surface area contributed by atoms with E-state index in [4.69, 9.17) is 11.6 Å². The second-order valence-electron chi connectivity index (χ2n) is 5.00. The van der Waals surface area contributed by atoms with Gasteiger partial charge in [0.05, 0.1) is 12.4 Å². The minimum absolute atomic E-state index is 0.121. The maximum atomic E-state index is 9.49. The summed E-state index contributed by atoms with van der Waals surface area (Å²) in [4.78, 5) is 15.3. The van der Waals surface area contributed by atoms with Crippen molar-refractivity contribution in [1.82, 2.24) is 19.9 Å². The Morgan fingerprint density at radius 3 is 2.89 bits per heavy atom. The Hall–Kier alpha value is -1.40. The molecule has 2 aromatic heterocycles. The number of aliphatic hydroxyl groups is 1. The van der Waals surface area contributed by atoms with Gasteiger partial charge in [0.1, 0.15) is 5.52 Å². The summed E-state index contributed by atoms with van der Waals surface area (Å²) in [5.41, 5.74) is 1.35. The van der Waals surface area contributed by atoms with Crippen molar-refractivity contribution in [3.63, 3.8) is 0 Å². The molecule has 0 aromatic carbocycles. The smallest absolute Gasteiger partial charge is 0.226 e. The molecule has 2 aromatic rings. The molecule has 6 nitrogen and oxygen atoms in total. The number of hydrogen-bond donors (Lipinski definition) is 3. The van der Waals surface area contributed by atoms with Crippen LogP contribution in [-0.2, 0) is 0 Å². The summed E-state index contributed by atoms with van der Waals surface area (Å²) in [6.45, 7) is 0.828. The Labute approximate surface area is 115 Å². The van der Waals surface area contributed by atoms with Gasteiger partial charge in [0.25, 0.3) is 0 Å². The number of anilines is 1. The van der Waals surface area contributed by atoms with E-state index in [9.17, 15) is 5.11 Å². The number of nitrogens with zero attached hydrogens (tertiary/aromatic N) is 3. The average Bonchev–Trinajstić information content (AvgIpc) is 2.85. The molecule has 0 radical (unpaired) electrons. The molecule has 1 aliphatic carbocycles. The van der Waals surface area contributed by atoms with Crippen molar-refractivity contribution in [3.05, 3.63) is 11.6 Å². The molecule has 0 unspecified atom stereocenters. The highest BCUT2D eigenvalue weighted by atomic mass is 35.5. The van der Waals surface area contributed by atoms with Crippen LogP contribution in [-0.4, -0.2) is 37.7 Å². The van der Waals surface area contributed by atoms with Gasteiger partial charge in [-0.15, -0.1) is 0 Å². The fraction of sp³-hybridized carbons (Fsp3) is 0.583. The van der Waals surface area contributed by atoms with Crippen molar-refractivity contribution in [2.24, 2.45) is 5.92 Å². The molecule has 3 N–H and O–H groups in total. The Bertz CT molecular complexity index is 564. The zero-order valence-electron chi connectivity index (χ0n) is 10.4. The van der Waals surface area contributed by atoms with Gasteiger partial charge in [0, 0.05) is 6.54 Å². The number of aromatic nitrogens is 4. The molecule has 1 aliphatic rings. The van der Waals surface area contributed by atoms with Crippen LogP contribution in [0.4, 0.5) is 5.82 Å². The molecule has 0 saturated heterocycles. The first kappa shape index (κ1) is 12.6. The number of aromatic amines is 1. The van der Waals surface area contributed by atoms with Crippen molar-refractivity contribution in [2.45, 2.75) is 31.8 Å². The lowest BCUT2D eigenvalue weighted by Gasteiger charge is -2.25. The first-order chi connectivity index (χ1) is 9.22. The fourth-order valence-corrected chi connectivity index (χ4v) is 2.69. The number of nitrogens with one attached hydrogen (secondary N) is 2. The summed E-state index contributed by atoms with van der Waals surface area (Å²) in [6, 6.07) is 0. The highest BCUT2D eigenvalue weighted by molar-refractivity contribution is 6.28. The van der Waals surface area contributed by atoms with Crippen molar-refractivity contribution in [3.8, 4) is 0 Å². The van der Waals surface area contributed by atoms with E-state index in [0.717, 1.165) is 37.7 Å². The minimum atomic E-state index is -0.121. The van der Waals surface area contributed by atoms with E-state index in [1.54, 1.807) is 6.33 Å². The van der Waals surface area contributed by atoms with Crippen LogP contribution in [0.15, 0.2) is 6.33 Å². The molecule has 0 bridgehead atoms. The van der Waals surface area contributed by atoms with Crippen LogP contribution >= 0.6 is 11.6 Å². The number of imidazole rings is 1. The molecule has 1 saturated carbocycles. The van der Waals surface area contributed by atoms with Gasteiger partial charge in [-0.2, -0.15) is 9.97 Å². The number of H-pyrrole nitrogens is 1. The molecule has 102 valence electrons. The van der Waals surface area contributed by atoms with Crippen molar-refractivity contribution < 1.29 is 5.11 Å². The predicted octanol–water partition coefficient (Wildman–Crippen LogP) is 1.97. The molecule has 2 heterocycles. The Balaban J connectivity index is 1.69. The third-order valence-corrected chi connectivity index (χ3v) is 3.80. The minimum Gasteiger partial charge on any atom is -0.393 e. The lowest BCUT2D eigenvalue weighted by molar-refractivity contribution is 0.111. The molecule has 7 heteroatoms. The molecule has 19 heavy (non-hydrogen) atoms. The van der Waals surface area contributed by atoms with Gasteiger partial charge in [-0.1, -0.05) is 0 Å². The molecule has 0 spiro atoms. The van der Waals surface area contributed by atoms with E-state index >= 15 is 0 Å². The van der Waals surface area contributed by atoms with E-state index in [2.05, 4.69) is 25.3 Å². The van der Waals surface area contributed by atoms with Gasteiger partial charge in [-0.05, 0) is 43.2 Å².